The molecule has 2 aromatic heterocycles. The quantitative estimate of drug-likeness (QED) is 0.909. The first kappa shape index (κ1) is 11.1. The smallest absolute Gasteiger partial charge is 0.155 e. The molecule has 0 aromatic carbocycles. The fourth-order valence-corrected chi connectivity index (χ4v) is 2.63. The summed E-state index contributed by atoms with van der Waals surface area (Å²) in [5.74, 6) is 0.931. The summed E-state index contributed by atoms with van der Waals surface area (Å²) in [4.78, 5) is 4.31. The maximum atomic E-state index is 6.19. The molecule has 0 bridgehead atoms. The molecule has 3 rings (SSSR count). The molecule has 1 saturated carbocycles. The highest BCUT2D eigenvalue weighted by Crippen LogP contribution is 2.37. The average Bonchev–Trinajstić information content (AvgIpc) is 2.97. The lowest BCUT2D eigenvalue weighted by atomic mass is 10.0. The van der Waals surface area contributed by atoms with E-state index in [9.17, 15) is 0 Å². The molecule has 17 heavy (non-hydrogen) atoms. The van der Waals surface area contributed by atoms with Gasteiger partial charge in [0.1, 0.15) is 5.82 Å². The Labute approximate surface area is 106 Å². The molecule has 2 heterocycles. The van der Waals surface area contributed by atoms with Crippen molar-refractivity contribution >= 4 is 17.1 Å². The van der Waals surface area contributed by atoms with Gasteiger partial charge in [-0.1, -0.05) is 17.7 Å². The summed E-state index contributed by atoms with van der Waals surface area (Å²) in [6, 6.07) is 4.16. The van der Waals surface area contributed by atoms with Gasteiger partial charge in [-0.3, -0.25) is 0 Å². The molecule has 0 aliphatic heterocycles. The van der Waals surface area contributed by atoms with Gasteiger partial charge < -0.3 is 10.1 Å². The van der Waals surface area contributed by atoms with Crippen LogP contribution in [0.25, 0.3) is 5.52 Å². The van der Waals surface area contributed by atoms with Crippen molar-refractivity contribution in [1.29, 1.82) is 0 Å². The normalized spacial score (nSPS) is 17.6. The molecular formula is C13H16ClN3. The minimum absolute atomic E-state index is 0.0916. The topological polar surface area (TPSA) is 43.3 Å². The zero-order chi connectivity index (χ0) is 12.0. The summed E-state index contributed by atoms with van der Waals surface area (Å²) in [6.45, 7) is 1.97. The van der Waals surface area contributed by atoms with Gasteiger partial charge >= 0.3 is 0 Å². The summed E-state index contributed by atoms with van der Waals surface area (Å²) in [5.41, 5.74) is 8.50. The molecule has 1 fully saturated rings. The van der Waals surface area contributed by atoms with E-state index >= 15 is 0 Å². The van der Waals surface area contributed by atoms with Crippen LogP contribution in [0, 0.1) is 6.92 Å². The molecule has 1 aliphatic carbocycles. The van der Waals surface area contributed by atoms with E-state index in [1.165, 1.54) is 5.56 Å². The Balaban J connectivity index is 1.97. The van der Waals surface area contributed by atoms with Crippen molar-refractivity contribution in [3.8, 4) is 0 Å². The molecule has 2 N–H and O–H groups in total. The monoisotopic (exact) mass is 249 g/mol. The largest absolute Gasteiger partial charge is 0.325 e. The van der Waals surface area contributed by atoms with Crippen LogP contribution >= 0.6 is 11.6 Å². The van der Waals surface area contributed by atoms with Gasteiger partial charge in [0.2, 0.25) is 0 Å². The van der Waals surface area contributed by atoms with Crippen molar-refractivity contribution in [2.24, 2.45) is 5.73 Å². The Morgan fingerprint density at radius 3 is 3.00 bits per heavy atom. The van der Waals surface area contributed by atoms with Crippen LogP contribution in [0.5, 0.6) is 0 Å². The zero-order valence-corrected chi connectivity index (χ0v) is 10.7. The van der Waals surface area contributed by atoms with Gasteiger partial charge in [0.15, 0.2) is 5.15 Å². The van der Waals surface area contributed by atoms with Crippen molar-refractivity contribution < 1.29 is 0 Å². The molecule has 0 spiro atoms. The molecule has 1 aliphatic rings. The van der Waals surface area contributed by atoms with Crippen molar-refractivity contribution in [2.45, 2.75) is 38.1 Å². The predicted octanol–water partition coefficient (Wildman–Crippen LogP) is 2.72. The van der Waals surface area contributed by atoms with E-state index in [1.807, 2.05) is 23.6 Å². The number of hydrogen-bond donors (Lipinski definition) is 1. The number of pyridine rings is 1. The van der Waals surface area contributed by atoms with Crippen LogP contribution in [0.3, 0.4) is 0 Å². The van der Waals surface area contributed by atoms with Crippen LogP contribution in [0.2, 0.25) is 5.15 Å². The van der Waals surface area contributed by atoms with Crippen molar-refractivity contribution in [3.05, 3.63) is 34.9 Å². The maximum absolute atomic E-state index is 6.19. The van der Waals surface area contributed by atoms with Gasteiger partial charge in [0.25, 0.3) is 0 Å². The number of aromatic nitrogens is 2. The van der Waals surface area contributed by atoms with E-state index in [2.05, 4.69) is 11.1 Å². The third-order valence-electron chi connectivity index (χ3n) is 3.67. The Hall–Kier alpha value is -1.06. The van der Waals surface area contributed by atoms with Crippen LogP contribution in [0.4, 0.5) is 0 Å². The minimum atomic E-state index is 0.0916. The van der Waals surface area contributed by atoms with Crippen LogP contribution in [0.15, 0.2) is 18.3 Å². The number of rotatable bonds is 3. The second kappa shape index (κ2) is 3.72. The number of imidazole rings is 1. The SMILES string of the molecule is Cc1nc(Cl)c2c(CCC3(N)CC3)cccn12. The van der Waals surface area contributed by atoms with Crippen LogP contribution in [0.1, 0.15) is 30.7 Å². The van der Waals surface area contributed by atoms with Gasteiger partial charge in [0.05, 0.1) is 5.52 Å². The first-order valence-corrected chi connectivity index (χ1v) is 6.38. The predicted molar refractivity (Wildman–Crippen MR) is 69.4 cm³/mol. The number of halogens is 1. The molecule has 3 nitrogen and oxygen atoms in total. The van der Waals surface area contributed by atoms with Gasteiger partial charge in [-0.15, -0.1) is 0 Å². The van der Waals surface area contributed by atoms with Gasteiger partial charge in [-0.25, -0.2) is 4.98 Å². The summed E-state index contributed by atoms with van der Waals surface area (Å²) >= 11 is 6.19. The van der Waals surface area contributed by atoms with Crippen molar-refractivity contribution in [3.63, 3.8) is 0 Å². The Morgan fingerprint density at radius 1 is 1.53 bits per heavy atom. The Bertz CT molecular complexity index is 569. The molecular weight excluding hydrogens is 234 g/mol. The molecule has 4 heteroatoms. The first-order valence-electron chi connectivity index (χ1n) is 6.00. The van der Waals surface area contributed by atoms with E-state index < -0.39 is 0 Å². The molecule has 0 radical (unpaired) electrons. The second-order valence-corrected chi connectivity index (χ2v) is 5.42. The fraction of sp³-hybridized carbons (Fsp3) is 0.462. The summed E-state index contributed by atoms with van der Waals surface area (Å²) < 4.78 is 2.05. The van der Waals surface area contributed by atoms with E-state index in [-0.39, 0.29) is 5.54 Å². The molecule has 0 amide bonds. The standard InChI is InChI=1S/C13H16ClN3/c1-9-16-12(14)11-10(3-2-8-17(9)11)4-5-13(15)6-7-13/h2-3,8H,4-7,15H2,1H3. The lowest BCUT2D eigenvalue weighted by Crippen LogP contribution is -2.22. The lowest BCUT2D eigenvalue weighted by Gasteiger charge is -2.09. The molecule has 0 atom stereocenters. The molecule has 90 valence electrons. The van der Waals surface area contributed by atoms with Crippen LogP contribution < -0.4 is 5.73 Å². The minimum Gasteiger partial charge on any atom is -0.325 e. The number of hydrogen-bond acceptors (Lipinski definition) is 2. The number of fused-ring (bicyclic) bond motifs is 1. The number of nitrogens with zero attached hydrogens (tertiary/aromatic N) is 2. The number of aryl methyl sites for hydroxylation is 2. The molecule has 0 unspecified atom stereocenters. The molecule has 2 aromatic rings. The van der Waals surface area contributed by atoms with Gasteiger partial charge in [-0.2, -0.15) is 0 Å². The van der Waals surface area contributed by atoms with E-state index in [1.54, 1.807) is 0 Å². The van der Waals surface area contributed by atoms with E-state index in [0.29, 0.717) is 5.15 Å². The summed E-state index contributed by atoms with van der Waals surface area (Å²) in [6.07, 6.45) is 6.32. The van der Waals surface area contributed by atoms with Crippen LogP contribution in [-0.4, -0.2) is 14.9 Å². The van der Waals surface area contributed by atoms with Gasteiger partial charge in [0, 0.05) is 11.7 Å². The van der Waals surface area contributed by atoms with E-state index in [4.69, 9.17) is 17.3 Å². The average molecular weight is 250 g/mol. The second-order valence-electron chi connectivity index (χ2n) is 5.06. The molecule has 0 saturated heterocycles. The zero-order valence-electron chi connectivity index (χ0n) is 9.91. The van der Waals surface area contributed by atoms with Crippen molar-refractivity contribution in [2.75, 3.05) is 0 Å². The fourth-order valence-electron chi connectivity index (χ4n) is 2.30. The third-order valence-corrected chi connectivity index (χ3v) is 3.93. The van der Waals surface area contributed by atoms with Gasteiger partial charge in [-0.05, 0) is 44.2 Å². The van der Waals surface area contributed by atoms with E-state index in [0.717, 1.165) is 37.0 Å². The maximum Gasteiger partial charge on any atom is 0.155 e. The highest BCUT2D eigenvalue weighted by Gasteiger charge is 2.37. The highest BCUT2D eigenvalue weighted by atomic mass is 35.5. The Kier molecular flexibility index (Phi) is 2.42. The van der Waals surface area contributed by atoms with Crippen LogP contribution in [-0.2, 0) is 6.42 Å². The Morgan fingerprint density at radius 2 is 2.29 bits per heavy atom. The lowest BCUT2D eigenvalue weighted by molar-refractivity contribution is 0.610. The van der Waals surface area contributed by atoms with Crippen molar-refractivity contribution in [1.82, 2.24) is 9.38 Å². The summed E-state index contributed by atoms with van der Waals surface area (Å²) in [5, 5.41) is 0.597. The highest BCUT2D eigenvalue weighted by molar-refractivity contribution is 6.32. The number of nitrogens with two attached hydrogens (primary N) is 1. The first-order chi connectivity index (χ1) is 8.09. The summed E-state index contributed by atoms with van der Waals surface area (Å²) in [7, 11) is 0. The third kappa shape index (κ3) is 1.94.